The van der Waals surface area contributed by atoms with Crippen LogP contribution < -0.4 is 5.32 Å². The highest BCUT2D eigenvalue weighted by molar-refractivity contribution is 6.77. The summed E-state index contributed by atoms with van der Waals surface area (Å²) in [5.41, 5.74) is 4.71. The zero-order chi connectivity index (χ0) is 29.2. The number of hydrogen-bond donors (Lipinski definition) is 2. The topological polar surface area (TPSA) is 78.9 Å². The van der Waals surface area contributed by atoms with Crippen molar-refractivity contribution in [2.75, 3.05) is 19.6 Å². The van der Waals surface area contributed by atoms with E-state index in [4.69, 9.17) is 16.0 Å². The first kappa shape index (κ1) is 30.8. The van der Waals surface area contributed by atoms with Crippen molar-refractivity contribution in [3.63, 3.8) is 0 Å². The van der Waals surface area contributed by atoms with Crippen LogP contribution in [0.1, 0.15) is 82.8 Å². The van der Waals surface area contributed by atoms with Crippen molar-refractivity contribution >= 4 is 31.8 Å². The number of likely N-dealkylation sites (tertiary alicyclic amines) is 1. The third-order valence-corrected chi connectivity index (χ3v) is 15.7. The van der Waals surface area contributed by atoms with Gasteiger partial charge in [0.05, 0.1) is 11.5 Å². The van der Waals surface area contributed by atoms with Crippen molar-refractivity contribution in [1.82, 2.24) is 10.2 Å². The van der Waals surface area contributed by atoms with Gasteiger partial charge in [0.2, 0.25) is 14.2 Å². The van der Waals surface area contributed by atoms with Gasteiger partial charge in [-0.3, -0.25) is 9.69 Å². The first-order valence-corrected chi connectivity index (χ1v) is 17.3. The van der Waals surface area contributed by atoms with Gasteiger partial charge in [0.25, 0.3) is 0 Å². The molecule has 2 N–H and O–H groups in total. The molecule has 8 heteroatoms. The van der Waals surface area contributed by atoms with Crippen LogP contribution in [0.15, 0.2) is 42.5 Å². The monoisotopic (exact) mass is 584 g/mol. The predicted molar refractivity (Wildman–Crippen MR) is 164 cm³/mol. The van der Waals surface area contributed by atoms with Crippen LogP contribution in [-0.4, -0.2) is 55.9 Å². The molecule has 2 heterocycles. The number of nitrogens with zero attached hydrogens (tertiary/aromatic N) is 1. The fourth-order valence-corrected chi connectivity index (χ4v) is 13.2. The number of carbonyl (C=O) groups is 2. The van der Waals surface area contributed by atoms with Crippen molar-refractivity contribution in [3.8, 4) is 11.1 Å². The van der Waals surface area contributed by atoms with E-state index >= 15 is 0 Å². The van der Waals surface area contributed by atoms with Crippen molar-refractivity contribution < 1.29 is 19.1 Å². The molecule has 2 atom stereocenters. The summed E-state index contributed by atoms with van der Waals surface area (Å²) in [5, 5.41) is 12.9. The third-order valence-electron chi connectivity index (χ3n) is 9.20. The summed E-state index contributed by atoms with van der Waals surface area (Å²) < 4.78 is 7.13. The van der Waals surface area contributed by atoms with E-state index in [-0.39, 0.29) is 29.5 Å². The Balaban J connectivity index is 1.56. The highest BCUT2D eigenvalue weighted by Gasteiger charge is 2.47. The van der Waals surface area contributed by atoms with E-state index < -0.39 is 14.3 Å². The van der Waals surface area contributed by atoms with Crippen molar-refractivity contribution in [2.45, 2.75) is 89.6 Å². The number of benzene rings is 2. The minimum absolute atomic E-state index is 0.0957. The number of aromatic carboxylic acids is 1. The number of rotatable bonds is 10. The van der Waals surface area contributed by atoms with Crippen LogP contribution >= 0.6 is 11.6 Å². The van der Waals surface area contributed by atoms with Gasteiger partial charge in [-0.1, -0.05) is 77.4 Å². The second-order valence-electron chi connectivity index (χ2n) is 12.4. The first-order valence-electron chi connectivity index (χ1n) is 14.8. The van der Waals surface area contributed by atoms with Gasteiger partial charge in [0, 0.05) is 36.8 Å². The number of nitrogens with one attached hydrogen (secondary N) is 1. The molecule has 0 saturated carbocycles. The predicted octanol–water partition coefficient (Wildman–Crippen LogP) is 7.54. The number of piperidine rings is 1. The zero-order valence-electron chi connectivity index (χ0n) is 24.7. The van der Waals surface area contributed by atoms with E-state index in [0.717, 1.165) is 49.0 Å². The standard InChI is InChI=1S/C32H45ClN2O4Si/c1-20(2)40(21(3)4,22(5)6)39-26-14-17-35(18-15-26)30(28-13-16-34-31(28)36)27-12-11-25(19-29(27)33)23-7-9-24(10-8-23)32(37)38/h7-12,19-22,26,28,30H,13-18H2,1-6H3,(H,34,36)(H,37,38). The molecule has 6 nitrogen and oxygen atoms in total. The number of halogens is 1. The number of carboxylic acid groups (broad SMARTS) is 1. The fourth-order valence-electron chi connectivity index (χ4n) is 7.30. The lowest BCUT2D eigenvalue weighted by atomic mass is 9.87. The highest BCUT2D eigenvalue weighted by Crippen LogP contribution is 2.45. The SMILES string of the molecule is CC(C)[Si](OC1CCN(C(c2ccc(-c3ccc(C(=O)O)cc3)cc2Cl)C2CCNC2=O)CC1)(C(C)C)C(C)C. The molecule has 1 amide bonds. The van der Waals surface area contributed by atoms with E-state index in [1.807, 2.05) is 12.1 Å². The van der Waals surface area contributed by atoms with Crippen molar-refractivity contribution in [3.05, 3.63) is 58.6 Å². The molecule has 2 aromatic carbocycles. The molecule has 0 radical (unpaired) electrons. The summed E-state index contributed by atoms with van der Waals surface area (Å²) >= 11 is 6.95. The summed E-state index contributed by atoms with van der Waals surface area (Å²) in [6.45, 7) is 16.4. The maximum absolute atomic E-state index is 12.9. The van der Waals surface area contributed by atoms with E-state index in [0.29, 0.717) is 28.2 Å². The summed E-state index contributed by atoms with van der Waals surface area (Å²) in [6.07, 6.45) is 2.95. The highest BCUT2D eigenvalue weighted by atomic mass is 35.5. The van der Waals surface area contributed by atoms with Crippen molar-refractivity contribution in [1.29, 1.82) is 0 Å². The second kappa shape index (κ2) is 12.8. The van der Waals surface area contributed by atoms with E-state index in [2.05, 4.69) is 57.8 Å². The van der Waals surface area contributed by atoms with Crippen LogP contribution in [0.4, 0.5) is 0 Å². The minimum atomic E-state index is -1.96. The second-order valence-corrected chi connectivity index (χ2v) is 18.2. The average Bonchev–Trinajstić information content (AvgIpc) is 3.33. The average molecular weight is 585 g/mol. The Labute approximate surface area is 245 Å². The van der Waals surface area contributed by atoms with Gasteiger partial charge in [0.15, 0.2) is 0 Å². The largest absolute Gasteiger partial charge is 0.478 e. The molecule has 2 aromatic rings. The Bertz CT molecular complexity index is 1170. The van der Waals surface area contributed by atoms with Gasteiger partial charge in [0.1, 0.15) is 0 Å². The number of amides is 1. The molecule has 0 aromatic heterocycles. The Morgan fingerprint density at radius 3 is 2.00 bits per heavy atom. The molecule has 0 aliphatic carbocycles. The van der Waals surface area contributed by atoms with Gasteiger partial charge < -0.3 is 14.8 Å². The lowest BCUT2D eigenvalue weighted by Crippen LogP contribution is -2.52. The molecule has 2 aliphatic heterocycles. The molecule has 2 unspecified atom stereocenters. The maximum atomic E-state index is 12.9. The number of hydrogen-bond acceptors (Lipinski definition) is 4. The molecule has 4 rings (SSSR count). The van der Waals surface area contributed by atoms with Gasteiger partial charge >= 0.3 is 5.97 Å². The van der Waals surface area contributed by atoms with Crippen LogP contribution in [-0.2, 0) is 9.22 Å². The number of carbonyl (C=O) groups excluding carboxylic acids is 1. The van der Waals surface area contributed by atoms with E-state index in [1.54, 1.807) is 24.3 Å². The molecule has 40 heavy (non-hydrogen) atoms. The molecule has 2 fully saturated rings. The quantitative estimate of drug-likeness (QED) is 0.282. The molecule has 218 valence electrons. The summed E-state index contributed by atoms with van der Waals surface area (Å²) in [6, 6.07) is 12.7. The Morgan fingerprint density at radius 2 is 1.52 bits per heavy atom. The van der Waals surface area contributed by atoms with Crippen LogP contribution in [0.2, 0.25) is 21.6 Å². The molecular formula is C32H45ClN2O4Si. The molecular weight excluding hydrogens is 540 g/mol. The van der Waals surface area contributed by atoms with Crippen LogP contribution in [0.25, 0.3) is 11.1 Å². The maximum Gasteiger partial charge on any atom is 0.335 e. The van der Waals surface area contributed by atoms with Crippen LogP contribution in [0.5, 0.6) is 0 Å². The molecule has 2 aliphatic rings. The Morgan fingerprint density at radius 1 is 0.950 bits per heavy atom. The fraction of sp³-hybridized carbons (Fsp3) is 0.562. The molecule has 0 spiro atoms. The zero-order valence-corrected chi connectivity index (χ0v) is 26.5. The molecule has 2 saturated heterocycles. The van der Waals surface area contributed by atoms with Gasteiger partial charge in [-0.15, -0.1) is 0 Å². The van der Waals surface area contributed by atoms with Gasteiger partial charge in [-0.2, -0.15) is 0 Å². The van der Waals surface area contributed by atoms with Crippen LogP contribution in [0.3, 0.4) is 0 Å². The van der Waals surface area contributed by atoms with E-state index in [9.17, 15) is 14.7 Å². The summed E-state index contributed by atoms with van der Waals surface area (Å²) in [4.78, 5) is 26.6. The van der Waals surface area contributed by atoms with Crippen molar-refractivity contribution in [2.24, 2.45) is 5.92 Å². The number of carboxylic acids is 1. The lowest BCUT2D eigenvalue weighted by molar-refractivity contribution is -0.124. The Kier molecular flexibility index (Phi) is 9.81. The lowest BCUT2D eigenvalue weighted by Gasteiger charge is -2.47. The smallest absolute Gasteiger partial charge is 0.335 e. The third kappa shape index (κ3) is 6.18. The minimum Gasteiger partial charge on any atom is -0.478 e. The van der Waals surface area contributed by atoms with Gasteiger partial charge in [-0.25, -0.2) is 4.79 Å². The van der Waals surface area contributed by atoms with Crippen LogP contribution in [0, 0.1) is 5.92 Å². The summed E-state index contributed by atoms with van der Waals surface area (Å²) in [5.74, 6) is -0.998. The molecule has 0 bridgehead atoms. The first-order chi connectivity index (χ1) is 19.0. The normalized spacial score (nSPS) is 19.9. The van der Waals surface area contributed by atoms with Gasteiger partial charge in [-0.05, 0) is 70.8 Å². The Hall–Kier alpha value is -2.19. The summed E-state index contributed by atoms with van der Waals surface area (Å²) in [7, 11) is -1.96. The van der Waals surface area contributed by atoms with E-state index in [1.165, 1.54) is 0 Å².